The second-order valence-electron chi connectivity index (χ2n) is 7.51. The lowest BCUT2D eigenvalue weighted by atomic mass is 9.99. The minimum atomic E-state index is -3.48. The quantitative estimate of drug-likeness (QED) is 0.814. The zero-order valence-corrected chi connectivity index (χ0v) is 16.4. The van der Waals surface area contributed by atoms with Gasteiger partial charge in [0.05, 0.1) is 10.9 Å². The third kappa shape index (κ3) is 4.27. The van der Waals surface area contributed by atoms with E-state index in [1.54, 1.807) is 16.4 Å². The van der Waals surface area contributed by atoms with Gasteiger partial charge in [0, 0.05) is 19.6 Å². The van der Waals surface area contributed by atoms with Gasteiger partial charge in [-0.2, -0.15) is 4.31 Å². The lowest BCUT2D eigenvalue weighted by molar-refractivity contribution is -0.123. The van der Waals surface area contributed by atoms with Gasteiger partial charge in [-0.15, -0.1) is 0 Å². The molecule has 7 heteroatoms. The van der Waals surface area contributed by atoms with Crippen molar-refractivity contribution in [2.75, 3.05) is 26.2 Å². The van der Waals surface area contributed by atoms with Gasteiger partial charge in [0.25, 0.3) is 0 Å². The average molecular weight is 380 g/mol. The van der Waals surface area contributed by atoms with E-state index in [0.717, 1.165) is 43.4 Å². The normalized spacial score (nSPS) is 24.5. The average Bonchev–Trinajstić information content (AvgIpc) is 3.17. The second-order valence-corrected chi connectivity index (χ2v) is 9.45. The highest BCUT2D eigenvalue weighted by Gasteiger charge is 2.31. The van der Waals surface area contributed by atoms with E-state index in [1.807, 2.05) is 19.9 Å². The first-order valence-corrected chi connectivity index (χ1v) is 10.9. The van der Waals surface area contributed by atoms with Gasteiger partial charge < -0.3 is 10.6 Å². The number of carbonyl (C=O) groups excluding carboxylic acids is 1. The van der Waals surface area contributed by atoms with Crippen LogP contribution in [0.5, 0.6) is 0 Å². The SMILES string of the molecule is Cc1ccc(S(=O)(=O)N2CCCC(CNC(=O)C3CCCN3)C2)cc1C. The zero-order valence-electron chi connectivity index (χ0n) is 15.6. The van der Waals surface area contributed by atoms with Crippen molar-refractivity contribution >= 4 is 15.9 Å². The Morgan fingerprint density at radius 1 is 1.23 bits per heavy atom. The molecule has 0 aromatic heterocycles. The molecule has 2 heterocycles. The number of hydrogen-bond donors (Lipinski definition) is 2. The number of amides is 1. The van der Waals surface area contributed by atoms with Crippen molar-refractivity contribution in [2.24, 2.45) is 5.92 Å². The van der Waals surface area contributed by atoms with Gasteiger partial charge in [0.2, 0.25) is 15.9 Å². The van der Waals surface area contributed by atoms with Crippen LogP contribution in [0.25, 0.3) is 0 Å². The maximum Gasteiger partial charge on any atom is 0.243 e. The molecule has 2 aliphatic heterocycles. The first-order chi connectivity index (χ1) is 12.4. The molecule has 0 radical (unpaired) electrons. The van der Waals surface area contributed by atoms with Gasteiger partial charge >= 0.3 is 0 Å². The topological polar surface area (TPSA) is 78.5 Å². The molecule has 1 aromatic rings. The molecule has 0 aliphatic carbocycles. The van der Waals surface area contributed by atoms with Gasteiger partial charge in [-0.05, 0) is 75.3 Å². The molecule has 2 unspecified atom stereocenters. The molecular weight excluding hydrogens is 350 g/mol. The minimum Gasteiger partial charge on any atom is -0.354 e. The Bertz CT molecular complexity index is 757. The monoisotopic (exact) mass is 379 g/mol. The summed E-state index contributed by atoms with van der Waals surface area (Å²) in [6.07, 6.45) is 3.68. The molecule has 0 saturated carbocycles. The minimum absolute atomic E-state index is 0.0386. The van der Waals surface area contributed by atoms with Crippen molar-refractivity contribution < 1.29 is 13.2 Å². The van der Waals surface area contributed by atoms with Crippen molar-refractivity contribution in [3.05, 3.63) is 29.3 Å². The first kappa shape index (κ1) is 19.3. The molecule has 26 heavy (non-hydrogen) atoms. The maximum absolute atomic E-state index is 13.0. The summed E-state index contributed by atoms with van der Waals surface area (Å²) in [6, 6.07) is 5.21. The maximum atomic E-state index is 13.0. The van der Waals surface area contributed by atoms with E-state index in [0.29, 0.717) is 24.5 Å². The predicted octanol–water partition coefficient (Wildman–Crippen LogP) is 1.57. The number of nitrogens with zero attached hydrogens (tertiary/aromatic N) is 1. The molecular formula is C19H29N3O3S. The van der Waals surface area contributed by atoms with Crippen LogP contribution in [0.3, 0.4) is 0 Å². The highest BCUT2D eigenvalue weighted by molar-refractivity contribution is 7.89. The smallest absolute Gasteiger partial charge is 0.243 e. The number of benzene rings is 1. The van der Waals surface area contributed by atoms with E-state index in [1.165, 1.54) is 0 Å². The van der Waals surface area contributed by atoms with E-state index < -0.39 is 10.0 Å². The number of aryl methyl sites for hydroxylation is 2. The summed E-state index contributed by atoms with van der Waals surface area (Å²) in [5, 5.41) is 6.19. The van der Waals surface area contributed by atoms with Crippen LogP contribution in [0.1, 0.15) is 36.8 Å². The van der Waals surface area contributed by atoms with Crippen molar-refractivity contribution in [2.45, 2.75) is 50.5 Å². The number of sulfonamides is 1. The third-order valence-electron chi connectivity index (χ3n) is 5.54. The largest absolute Gasteiger partial charge is 0.354 e. The zero-order chi connectivity index (χ0) is 18.7. The van der Waals surface area contributed by atoms with Crippen LogP contribution < -0.4 is 10.6 Å². The molecule has 0 spiro atoms. The molecule has 144 valence electrons. The van der Waals surface area contributed by atoms with Crippen molar-refractivity contribution in [1.82, 2.24) is 14.9 Å². The van der Waals surface area contributed by atoms with Crippen molar-refractivity contribution in [1.29, 1.82) is 0 Å². The van der Waals surface area contributed by atoms with Crippen LogP contribution in [0.4, 0.5) is 0 Å². The van der Waals surface area contributed by atoms with E-state index >= 15 is 0 Å². The van der Waals surface area contributed by atoms with Gasteiger partial charge in [-0.1, -0.05) is 6.07 Å². The predicted molar refractivity (Wildman–Crippen MR) is 101 cm³/mol. The number of carbonyl (C=O) groups is 1. The van der Waals surface area contributed by atoms with Crippen LogP contribution >= 0.6 is 0 Å². The molecule has 1 aromatic carbocycles. The lowest BCUT2D eigenvalue weighted by Gasteiger charge is -2.32. The summed E-state index contributed by atoms with van der Waals surface area (Å²) < 4.78 is 27.5. The second kappa shape index (κ2) is 8.06. The Labute approximate surface area is 156 Å². The standard InChI is InChI=1S/C19H29N3O3S/c1-14-7-8-17(11-15(14)2)26(24,25)22-10-4-5-16(13-22)12-21-19(23)18-6-3-9-20-18/h7-8,11,16,18,20H,3-6,9-10,12-13H2,1-2H3,(H,21,23). The summed E-state index contributed by atoms with van der Waals surface area (Å²) in [6.45, 7) is 6.35. The lowest BCUT2D eigenvalue weighted by Crippen LogP contribution is -2.46. The summed E-state index contributed by atoms with van der Waals surface area (Å²) in [5.74, 6) is 0.201. The Balaban J connectivity index is 1.61. The molecule has 2 N–H and O–H groups in total. The Hall–Kier alpha value is -1.44. The van der Waals surface area contributed by atoms with E-state index in [-0.39, 0.29) is 17.9 Å². The summed E-state index contributed by atoms with van der Waals surface area (Å²) in [7, 11) is -3.48. The van der Waals surface area contributed by atoms with Gasteiger partial charge in [-0.3, -0.25) is 4.79 Å². The van der Waals surface area contributed by atoms with Gasteiger partial charge in [0.15, 0.2) is 0 Å². The first-order valence-electron chi connectivity index (χ1n) is 9.46. The van der Waals surface area contributed by atoms with Crippen molar-refractivity contribution in [3.63, 3.8) is 0 Å². The number of piperidine rings is 1. The fraction of sp³-hybridized carbons (Fsp3) is 0.632. The van der Waals surface area contributed by atoms with E-state index in [9.17, 15) is 13.2 Å². The van der Waals surface area contributed by atoms with Gasteiger partial charge in [0.1, 0.15) is 0 Å². The van der Waals surface area contributed by atoms with Crippen LogP contribution in [-0.2, 0) is 14.8 Å². The molecule has 2 saturated heterocycles. The number of nitrogens with one attached hydrogen (secondary N) is 2. The number of rotatable bonds is 5. The van der Waals surface area contributed by atoms with Crippen LogP contribution in [0, 0.1) is 19.8 Å². The Kier molecular flexibility index (Phi) is 5.99. The molecule has 0 bridgehead atoms. The molecule has 1 amide bonds. The highest BCUT2D eigenvalue weighted by atomic mass is 32.2. The summed E-state index contributed by atoms with van der Waals surface area (Å²) >= 11 is 0. The molecule has 2 fully saturated rings. The molecule has 2 atom stereocenters. The van der Waals surface area contributed by atoms with E-state index in [2.05, 4.69) is 10.6 Å². The summed E-state index contributed by atoms with van der Waals surface area (Å²) in [5.41, 5.74) is 2.07. The Morgan fingerprint density at radius 3 is 2.73 bits per heavy atom. The van der Waals surface area contributed by atoms with Crippen LogP contribution in [0.15, 0.2) is 23.1 Å². The fourth-order valence-electron chi connectivity index (χ4n) is 3.71. The highest BCUT2D eigenvalue weighted by Crippen LogP contribution is 2.25. The third-order valence-corrected chi connectivity index (χ3v) is 7.40. The fourth-order valence-corrected chi connectivity index (χ4v) is 5.35. The van der Waals surface area contributed by atoms with Crippen molar-refractivity contribution in [3.8, 4) is 0 Å². The molecule has 3 rings (SSSR count). The van der Waals surface area contributed by atoms with E-state index in [4.69, 9.17) is 0 Å². The summed E-state index contributed by atoms with van der Waals surface area (Å²) in [4.78, 5) is 12.5. The van der Waals surface area contributed by atoms with Gasteiger partial charge in [-0.25, -0.2) is 8.42 Å². The molecule has 2 aliphatic rings. The Morgan fingerprint density at radius 2 is 2.04 bits per heavy atom. The molecule has 6 nitrogen and oxygen atoms in total. The van der Waals surface area contributed by atoms with Crippen LogP contribution in [-0.4, -0.2) is 50.9 Å². The van der Waals surface area contributed by atoms with Crippen LogP contribution in [0.2, 0.25) is 0 Å². The number of hydrogen-bond acceptors (Lipinski definition) is 4.